The van der Waals surface area contributed by atoms with E-state index in [1.165, 1.54) is 34.4 Å². The van der Waals surface area contributed by atoms with Crippen LogP contribution in [0.3, 0.4) is 0 Å². The lowest BCUT2D eigenvalue weighted by Gasteiger charge is -2.35. The molecule has 1 aliphatic carbocycles. The fourth-order valence-electron chi connectivity index (χ4n) is 5.47. The number of nitrogens with one attached hydrogen (secondary N) is 1. The Bertz CT molecular complexity index is 1340. The van der Waals surface area contributed by atoms with Gasteiger partial charge in [0.25, 0.3) is 0 Å². The highest BCUT2D eigenvalue weighted by atomic mass is 16.6. The van der Waals surface area contributed by atoms with E-state index in [2.05, 4.69) is 63.7 Å². The molecule has 0 radical (unpaired) electrons. The quantitative estimate of drug-likeness (QED) is 0.318. The Kier molecular flexibility index (Phi) is 7.61. The van der Waals surface area contributed by atoms with Crippen molar-refractivity contribution in [2.75, 3.05) is 13.2 Å². The van der Waals surface area contributed by atoms with Gasteiger partial charge in [-0.25, -0.2) is 0 Å². The third-order valence-corrected chi connectivity index (χ3v) is 7.37. The molecular weight excluding hydrogens is 472 g/mol. The SMILES string of the molecule is c1ccc(CNCc2ccc(CN(Cc3ccc4c(c3)OCCO4)C3CCCc4cccnc43)cc2)nc1. The van der Waals surface area contributed by atoms with E-state index in [0.717, 1.165) is 56.2 Å². The van der Waals surface area contributed by atoms with Crippen molar-refractivity contribution in [3.05, 3.63) is 119 Å². The average Bonchev–Trinajstić information content (AvgIpc) is 2.98. The second-order valence-electron chi connectivity index (χ2n) is 10.1. The summed E-state index contributed by atoms with van der Waals surface area (Å²) in [5, 5.41) is 3.50. The molecular formula is C32H34N4O2. The van der Waals surface area contributed by atoms with Gasteiger partial charge in [0, 0.05) is 38.6 Å². The third kappa shape index (κ3) is 5.87. The Morgan fingerprint density at radius 3 is 2.42 bits per heavy atom. The number of ether oxygens (including phenoxy) is 2. The minimum Gasteiger partial charge on any atom is -0.486 e. The minimum absolute atomic E-state index is 0.285. The monoisotopic (exact) mass is 506 g/mol. The van der Waals surface area contributed by atoms with Gasteiger partial charge < -0.3 is 14.8 Å². The van der Waals surface area contributed by atoms with E-state index < -0.39 is 0 Å². The summed E-state index contributed by atoms with van der Waals surface area (Å²) in [7, 11) is 0. The molecule has 1 aliphatic heterocycles. The first kappa shape index (κ1) is 24.6. The Morgan fingerprint density at radius 2 is 1.55 bits per heavy atom. The van der Waals surface area contributed by atoms with Crippen molar-refractivity contribution in [3.8, 4) is 11.5 Å². The third-order valence-electron chi connectivity index (χ3n) is 7.37. The Morgan fingerprint density at radius 1 is 0.763 bits per heavy atom. The molecule has 2 aliphatic rings. The molecule has 1 atom stereocenters. The normalized spacial score (nSPS) is 16.3. The summed E-state index contributed by atoms with van der Waals surface area (Å²) in [4.78, 5) is 11.8. The minimum atomic E-state index is 0.285. The summed E-state index contributed by atoms with van der Waals surface area (Å²) in [5.74, 6) is 1.68. The van der Waals surface area contributed by atoms with E-state index in [-0.39, 0.29) is 6.04 Å². The summed E-state index contributed by atoms with van der Waals surface area (Å²) in [5.41, 5.74) is 7.47. The van der Waals surface area contributed by atoms with Crippen molar-refractivity contribution >= 4 is 0 Å². The molecule has 2 aromatic heterocycles. The lowest BCUT2D eigenvalue weighted by Crippen LogP contribution is -2.31. The van der Waals surface area contributed by atoms with E-state index in [0.29, 0.717) is 13.2 Å². The van der Waals surface area contributed by atoms with Gasteiger partial charge in [0.05, 0.1) is 17.4 Å². The lowest BCUT2D eigenvalue weighted by atomic mass is 9.90. The average molecular weight is 507 g/mol. The highest BCUT2D eigenvalue weighted by Gasteiger charge is 2.28. The molecule has 0 fully saturated rings. The van der Waals surface area contributed by atoms with Crippen LogP contribution in [0.25, 0.3) is 0 Å². The Labute approximate surface area is 224 Å². The van der Waals surface area contributed by atoms with Crippen molar-refractivity contribution in [1.29, 1.82) is 0 Å². The molecule has 2 aromatic carbocycles. The molecule has 38 heavy (non-hydrogen) atoms. The number of pyridine rings is 2. The maximum Gasteiger partial charge on any atom is 0.161 e. The molecule has 1 N–H and O–H groups in total. The van der Waals surface area contributed by atoms with Gasteiger partial charge in [-0.15, -0.1) is 0 Å². The maximum absolute atomic E-state index is 5.87. The van der Waals surface area contributed by atoms with Crippen LogP contribution in [0.1, 0.15) is 52.5 Å². The van der Waals surface area contributed by atoms with Gasteiger partial charge in [-0.05, 0) is 71.8 Å². The highest BCUT2D eigenvalue weighted by Crippen LogP contribution is 2.36. The highest BCUT2D eigenvalue weighted by molar-refractivity contribution is 5.44. The Hall–Kier alpha value is -3.74. The number of aromatic nitrogens is 2. The van der Waals surface area contributed by atoms with Crippen LogP contribution in [0.15, 0.2) is 85.2 Å². The predicted octanol–water partition coefficient (Wildman–Crippen LogP) is 5.62. The molecule has 6 heteroatoms. The fraction of sp³-hybridized carbons (Fsp3) is 0.312. The van der Waals surface area contributed by atoms with Crippen molar-refractivity contribution in [2.24, 2.45) is 0 Å². The van der Waals surface area contributed by atoms with Crippen LogP contribution in [0.4, 0.5) is 0 Å². The van der Waals surface area contributed by atoms with Gasteiger partial charge in [0.2, 0.25) is 0 Å². The summed E-state index contributed by atoms with van der Waals surface area (Å²) in [6.07, 6.45) is 7.18. The van der Waals surface area contributed by atoms with Gasteiger partial charge in [-0.2, -0.15) is 0 Å². The fourth-order valence-corrected chi connectivity index (χ4v) is 5.47. The van der Waals surface area contributed by atoms with E-state index >= 15 is 0 Å². The van der Waals surface area contributed by atoms with E-state index in [1.54, 1.807) is 0 Å². The predicted molar refractivity (Wildman–Crippen MR) is 148 cm³/mol. The first-order valence-corrected chi connectivity index (χ1v) is 13.6. The summed E-state index contributed by atoms with van der Waals surface area (Å²) in [6.45, 7) is 4.47. The summed E-state index contributed by atoms with van der Waals surface area (Å²) in [6, 6.07) is 25.9. The van der Waals surface area contributed by atoms with Crippen molar-refractivity contribution in [2.45, 2.75) is 51.5 Å². The smallest absolute Gasteiger partial charge is 0.161 e. The second kappa shape index (κ2) is 11.8. The first-order valence-electron chi connectivity index (χ1n) is 13.6. The van der Waals surface area contributed by atoms with Crippen molar-refractivity contribution < 1.29 is 9.47 Å². The topological polar surface area (TPSA) is 59.5 Å². The number of aryl methyl sites for hydroxylation is 1. The van der Waals surface area contributed by atoms with Gasteiger partial charge in [-0.1, -0.05) is 42.5 Å². The van der Waals surface area contributed by atoms with Gasteiger partial charge in [0.15, 0.2) is 11.5 Å². The molecule has 6 rings (SSSR count). The van der Waals surface area contributed by atoms with Gasteiger partial charge in [0.1, 0.15) is 13.2 Å². The van der Waals surface area contributed by atoms with Crippen LogP contribution in [-0.4, -0.2) is 28.1 Å². The van der Waals surface area contributed by atoms with Gasteiger partial charge in [-0.3, -0.25) is 14.9 Å². The Balaban J connectivity index is 1.18. The van der Waals surface area contributed by atoms with Crippen molar-refractivity contribution in [1.82, 2.24) is 20.2 Å². The molecule has 0 saturated carbocycles. The maximum atomic E-state index is 5.87. The lowest BCUT2D eigenvalue weighted by molar-refractivity contribution is 0.154. The molecule has 4 aromatic rings. The molecule has 0 saturated heterocycles. The van der Waals surface area contributed by atoms with Crippen LogP contribution in [-0.2, 0) is 32.6 Å². The van der Waals surface area contributed by atoms with Crippen LogP contribution in [0.2, 0.25) is 0 Å². The standard InChI is InChI=1S/C32H34N4O2/c1-2-15-34-28(7-1)21-33-20-24-9-11-25(12-10-24)22-36(29-8-3-5-27-6-4-16-35-32(27)29)23-26-13-14-30-31(19-26)38-18-17-37-30/h1-2,4,6-7,9-16,19,29,33H,3,5,8,17-18,20-23H2. The molecule has 194 valence electrons. The first-order chi connectivity index (χ1) is 18.8. The van der Waals surface area contributed by atoms with Crippen LogP contribution < -0.4 is 14.8 Å². The summed E-state index contributed by atoms with van der Waals surface area (Å²) >= 11 is 0. The number of benzene rings is 2. The van der Waals surface area contributed by atoms with Crippen LogP contribution in [0, 0.1) is 0 Å². The largest absolute Gasteiger partial charge is 0.486 e. The summed E-state index contributed by atoms with van der Waals surface area (Å²) < 4.78 is 11.6. The zero-order valence-corrected chi connectivity index (χ0v) is 21.7. The molecule has 6 nitrogen and oxygen atoms in total. The van der Waals surface area contributed by atoms with Crippen LogP contribution >= 0.6 is 0 Å². The molecule has 0 spiro atoms. The second-order valence-corrected chi connectivity index (χ2v) is 10.1. The molecule has 0 amide bonds. The molecule has 0 bridgehead atoms. The molecule has 3 heterocycles. The van der Waals surface area contributed by atoms with Crippen molar-refractivity contribution in [3.63, 3.8) is 0 Å². The van der Waals surface area contributed by atoms with E-state index in [1.807, 2.05) is 36.7 Å². The van der Waals surface area contributed by atoms with Crippen LogP contribution in [0.5, 0.6) is 11.5 Å². The number of hydrogen-bond donors (Lipinski definition) is 1. The molecule has 1 unspecified atom stereocenters. The number of hydrogen-bond acceptors (Lipinski definition) is 6. The zero-order chi connectivity index (χ0) is 25.6. The number of fused-ring (bicyclic) bond motifs is 2. The number of nitrogens with zero attached hydrogens (tertiary/aromatic N) is 3. The zero-order valence-electron chi connectivity index (χ0n) is 21.7. The van der Waals surface area contributed by atoms with E-state index in [4.69, 9.17) is 14.5 Å². The van der Waals surface area contributed by atoms with Gasteiger partial charge >= 0.3 is 0 Å². The number of rotatable bonds is 9. The van der Waals surface area contributed by atoms with E-state index in [9.17, 15) is 0 Å².